The highest BCUT2D eigenvalue weighted by Crippen LogP contribution is 2.30. The third-order valence-corrected chi connectivity index (χ3v) is 5.42. The SMILES string of the molecule is COc1ccccc1NC(=O)COc1ccc(C(=O)Nc2ccc3c(c2)CCC(=O)N3)cc1OC. The van der Waals surface area contributed by atoms with Crippen molar-refractivity contribution in [1.29, 1.82) is 0 Å². The lowest BCUT2D eigenvalue weighted by Gasteiger charge is -2.18. The van der Waals surface area contributed by atoms with Gasteiger partial charge < -0.3 is 30.2 Å². The molecule has 0 saturated carbocycles. The molecule has 1 heterocycles. The number of anilines is 3. The number of hydrogen-bond donors (Lipinski definition) is 3. The van der Waals surface area contributed by atoms with Gasteiger partial charge in [0.1, 0.15) is 5.75 Å². The second-order valence-electron chi connectivity index (χ2n) is 7.78. The molecule has 0 atom stereocenters. The monoisotopic (exact) mass is 475 g/mol. The summed E-state index contributed by atoms with van der Waals surface area (Å²) in [6, 6.07) is 17.1. The van der Waals surface area contributed by atoms with Crippen LogP contribution in [0, 0.1) is 0 Å². The first-order valence-corrected chi connectivity index (χ1v) is 10.9. The number of nitrogens with one attached hydrogen (secondary N) is 3. The highest BCUT2D eigenvalue weighted by atomic mass is 16.5. The number of ether oxygens (including phenoxy) is 3. The third kappa shape index (κ3) is 5.70. The molecule has 0 unspecified atom stereocenters. The van der Waals surface area contributed by atoms with Gasteiger partial charge >= 0.3 is 0 Å². The molecule has 180 valence electrons. The number of methoxy groups -OCH3 is 2. The van der Waals surface area contributed by atoms with Crippen LogP contribution in [0.3, 0.4) is 0 Å². The quantitative estimate of drug-likeness (QED) is 0.456. The van der Waals surface area contributed by atoms with Crippen LogP contribution in [-0.2, 0) is 16.0 Å². The van der Waals surface area contributed by atoms with Gasteiger partial charge in [-0.3, -0.25) is 14.4 Å². The Bertz CT molecular complexity index is 1270. The fourth-order valence-corrected chi connectivity index (χ4v) is 3.67. The minimum atomic E-state index is -0.373. The van der Waals surface area contributed by atoms with Gasteiger partial charge in [-0.15, -0.1) is 0 Å². The molecule has 0 bridgehead atoms. The van der Waals surface area contributed by atoms with E-state index in [1.165, 1.54) is 14.2 Å². The van der Waals surface area contributed by atoms with Crippen molar-refractivity contribution < 1.29 is 28.6 Å². The van der Waals surface area contributed by atoms with E-state index in [-0.39, 0.29) is 24.3 Å². The Kier molecular flexibility index (Phi) is 7.15. The van der Waals surface area contributed by atoms with Gasteiger partial charge in [0.2, 0.25) is 5.91 Å². The highest BCUT2D eigenvalue weighted by molar-refractivity contribution is 6.05. The summed E-state index contributed by atoms with van der Waals surface area (Å²) in [5.74, 6) is 0.462. The zero-order valence-electron chi connectivity index (χ0n) is 19.3. The normalized spacial score (nSPS) is 12.1. The number of aryl methyl sites for hydroxylation is 1. The summed E-state index contributed by atoms with van der Waals surface area (Å²) in [6.07, 6.45) is 1.04. The first-order chi connectivity index (χ1) is 17.0. The van der Waals surface area contributed by atoms with Crippen LogP contribution in [0.5, 0.6) is 17.2 Å². The van der Waals surface area contributed by atoms with Crippen LogP contribution in [-0.4, -0.2) is 38.5 Å². The van der Waals surface area contributed by atoms with Crippen LogP contribution in [0.2, 0.25) is 0 Å². The zero-order chi connectivity index (χ0) is 24.8. The molecule has 0 aromatic heterocycles. The third-order valence-electron chi connectivity index (χ3n) is 5.42. The van der Waals surface area contributed by atoms with Crippen LogP contribution in [0.1, 0.15) is 22.3 Å². The molecule has 1 aliphatic heterocycles. The molecule has 3 aromatic carbocycles. The Labute approximate surface area is 202 Å². The van der Waals surface area contributed by atoms with E-state index in [2.05, 4.69) is 16.0 Å². The number of amides is 3. The van der Waals surface area contributed by atoms with E-state index in [1.54, 1.807) is 54.6 Å². The highest BCUT2D eigenvalue weighted by Gasteiger charge is 2.17. The molecule has 0 spiro atoms. The van der Waals surface area contributed by atoms with Crippen LogP contribution < -0.4 is 30.2 Å². The number of rotatable bonds is 8. The van der Waals surface area contributed by atoms with Crippen LogP contribution >= 0.6 is 0 Å². The summed E-state index contributed by atoms with van der Waals surface area (Å²) in [5.41, 5.74) is 3.25. The predicted molar refractivity (Wildman–Crippen MR) is 131 cm³/mol. The van der Waals surface area contributed by atoms with Crippen molar-refractivity contribution in [2.45, 2.75) is 12.8 Å². The maximum Gasteiger partial charge on any atom is 0.262 e. The van der Waals surface area contributed by atoms with E-state index in [0.717, 1.165) is 11.3 Å². The molecule has 3 aromatic rings. The van der Waals surface area contributed by atoms with Crippen LogP contribution in [0.15, 0.2) is 60.7 Å². The van der Waals surface area contributed by atoms with E-state index in [9.17, 15) is 14.4 Å². The van der Waals surface area contributed by atoms with Crippen LogP contribution in [0.25, 0.3) is 0 Å². The first kappa shape index (κ1) is 23.6. The fourth-order valence-electron chi connectivity index (χ4n) is 3.67. The zero-order valence-corrected chi connectivity index (χ0v) is 19.3. The average molecular weight is 476 g/mol. The second kappa shape index (κ2) is 10.6. The molecule has 0 fully saturated rings. The molecule has 0 aliphatic carbocycles. The number of carbonyl (C=O) groups excluding carboxylic acids is 3. The van der Waals surface area contributed by atoms with Crippen molar-refractivity contribution >= 4 is 34.8 Å². The average Bonchev–Trinajstić information content (AvgIpc) is 2.87. The van der Waals surface area contributed by atoms with Gasteiger partial charge in [0, 0.05) is 23.4 Å². The topological polar surface area (TPSA) is 115 Å². The number of benzene rings is 3. The number of carbonyl (C=O) groups is 3. The Morgan fingerprint density at radius 1 is 0.886 bits per heavy atom. The van der Waals surface area contributed by atoms with Crippen molar-refractivity contribution in [2.75, 3.05) is 36.8 Å². The van der Waals surface area contributed by atoms with Crippen LogP contribution in [0.4, 0.5) is 17.1 Å². The molecule has 9 heteroatoms. The summed E-state index contributed by atoms with van der Waals surface area (Å²) >= 11 is 0. The number of fused-ring (bicyclic) bond motifs is 1. The molecule has 1 aliphatic rings. The Morgan fingerprint density at radius 2 is 1.69 bits per heavy atom. The van der Waals surface area contributed by atoms with Gasteiger partial charge in [-0.2, -0.15) is 0 Å². The lowest BCUT2D eigenvalue weighted by atomic mass is 10.0. The number of hydrogen-bond acceptors (Lipinski definition) is 6. The molecule has 3 amide bonds. The Hall–Kier alpha value is -4.53. The summed E-state index contributed by atoms with van der Waals surface area (Å²) < 4.78 is 16.2. The second-order valence-corrected chi connectivity index (χ2v) is 7.78. The molecule has 3 N–H and O–H groups in total. The summed E-state index contributed by atoms with van der Waals surface area (Å²) in [7, 11) is 2.98. The minimum absolute atomic E-state index is 0.0130. The largest absolute Gasteiger partial charge is 0.495 e. The molecule has 9 nitrogen and oxygen atoms in total. The van der Waals surface area contributed by atoms with Gasteiger partial charge in [-0.25, -0.2) is 0 Å². The maximum atomic E-state index is 12.8. The molecule has 4 rings (SSSR count). The van der Waals surface area contributed by atoms with E-state index in [1.807, 2.05) is 6.07 Å². The predicted octanol–water partition coefficient (Wildman–Crippen LogP) is 3.86. The lowest BCUT2D eigenvalue weighted by Crippen LogP contribution is -2.21. The molecule has 35 heavy (non-hydrogen) atoms. The van der Waals surface area contributed by atoms with E-state index in [0.29, 0.717) is 47.0 Å². The summed E-state index contributed by atoms with van der Waals surface area (Å²) in [4.78, 5) is 36.6. The minimum Gasteiger partial charge on any atom is -0.495 e. The van der Waals surface area contributed by atoms with E-state index < -0.39 is 0 Å². The van der Waals surface area contributed by atoms with Crippen molar-refractivity contribution in [2.24, 2.45) is 0 Å². The summed E-state index contributed by atoms with van der Waals surface area (Å²) in [6.45, 7) is -0.258. The molecular formula is C26H25N3O6. The van der Waals surface area contributed by atoms with Gasteiger partial charge in [0.05, 0.1) is 19.9 Å². The van der Waals surface area contributed by atoms with Crippen molar-refractivity contribution in [1.82, 2.24) is 0 Å². The first-order valence-electron chi connectivity index (χ1n) is 10.9. The Morgan fingerprint density at radius 3 is 2.49 bits per heavy atom. The maximum absolute atomic E-state index is 12.8. The lowest BCUT2D eigenvalue weighted by molar-refractivity contribution is -0.118. The van der Waals surface area contributed by atoms with Gasteiger partial charge in [-0.1, -0.05) is 12.1 Å². The van der Waals surface area contributed by atoms with Gasteiger partial charge in [0.25, 0.3) is 11.8 Å². The van der Waals surface area contributed by atoms with Gasteiger partial charge in [0.15, 0.2) is 18.1 Å². The van der Waals surface area contributed by atoms with E-state index >= 15 is 0 Å². The van der Waals surface area contributed by atoms with E-state index in [4.69, 9.17) is 14.2 Å². The van der Waals surface area contributed by atoms with Crippen molar-refractivity contribution in [3.05, 3.63) is 71.8 Å². The van der Waals surface area contributed by atoms with Gasteiger partial charge in [-0.05, 0) is 60.5 Å². The summed E-state index contributed by atoms with van der Waals surface area (Å²) in [5, 5.41) is 8.40. The number of para-hydroxylation sites is 2. The molecular weight excluding hydrogens is 450 g/mol. The molecule has 0 saturated heterocycles. The van der Waals surface area contributed by atoms with Crippen molar-refractivity contribution in [3.63, 3.8) is 0 Å². The smallest absolute Gasteiger partial charge is 0.262 e. The molecule has 0 radical (unpaired) electrons. The fraction of sp³-hybridized carbons (Fsp3) is 0.192. The standard InChI is InChI=1S/C26H25N3O6/c1-33-21-6-4-3-5-20(21)29-25(31)15-35-22-11-7-17(14-23(22)34-2)26(32)27-18-9-10-19-16(13-18)8-12-24(30)28-19/h3-7,9-11,13-14H,8,12,15H2,1-2H3,(H,27,32)(H,28,30)(H,29,31). The Balaban J connectivity index is 1.39. The van der Waals surface area contributed by atoms with Crippen molar-refractivity contribution in [3.8, 4) is 17.2 Å².